The summed E-state index contributed by atoms with van der Waals surface area (Å²) in [5, 5.41) is 8.31. The van der Waals surface area contributed by atoms with Gasteiger partial charge in [0.15, 0.2) is 0 Å². The summed E-state index contributed by atoms with van der Waals surface area (Å²) in [6.07, 6.45) is -0.155. The molecule has 1 heterocycles. The highest BCUT2D eigenvalue weighted by Gasteiger charge is 2.26. The third-order valence-corrected chi connectivity index (χ3v) is 7.34. The quantitative estimate of drug-likeness (QED) is 0.192. The number of nitrogens with one attached hydrogen (secondary N) is 3. The number of ether oxygens (including phenoxy) is 1. The molecule has 0 fully saturated rings. The molecule has 0 aliphatic rings. The van der Waals surface area contributed by atoms with Gasteiger partial charge in [-0.2, -0.15) is 8.42 Å². The van der Waals surface area contributed by atoms with E-state index in [0.717, 1.165) is 21.7 Å². The summed E-state index contributed by atoms with van der Waals surface area (Å²) in [4.78, 5) is 30.4. The van der Waals surface area contributed by atoms with Crippen molar-refractivity contribution in [2.24, 2.45) is 0 Å². The summed E-state index contributed by atoms with van der Waals surface area (Å²) in [5.74, 6) is -0.418. The van der Waals surface area contributed by atoms with E-state index in [2.05, 4.69) is 10.6 Å². The molecule has 0 saturated heterocycles. The lowest BCUT2D eigenvalue weighted by molar-refractivity contribution is -0.123. The van der Waals surface area contributed by atoms with Crippen molar-refractivity contribution >= 4 is 39.3 Å². The second kappa shape index (κ2) is 13.2. The predicted molar refractivity (Wildman–Crippen MR) is 153 cm³/mol. The van der Waals surface area contributed by atoms with Gasteiger partial charge in [-0.1, -0.05) is 72.8 Å². The van der Waals surface area contributed by atoms with Gasteiger partial charge in [0.05, 0.1) is 24.5 Å². The van der Waals surface area contributed by atoms with Crippen LogP contribution >= 0.6 is 11.3 Å². The van der Waals surface area contributed by atoms with Crippen LogP contribution in [-0.4, -0.2) is 43.1 Å². The summed E-state index contributed by atoms with van der Waals surface area (Å²) in [6, 6.07) is 23.9. The Morgan fingerprint density at radius 3 is 2.15 bits per heavy atom. The van der Waals surface area contributed by atoms with Crippen LogP contribution in [0.5, 0.6) is 0 Å². The van der Waals surface area contributed by atoms with Gasteiger partial charge in [0.25, 0.3) is 0 Å². The maximum absolute atomic E-state index is 13.6. The zero-order chi connectivity index (χ0) is 28.5. The van der Waals surface area contributed by atoms with E-state index in [4.69, 9.17) is 14.3 Å². The zero-order valence-corrected chi connectivity index (χ0v) is 23.1. The third kappa shape index (κ3) is 8.37. The summed E-state index contributed by atoms with van der Waals surface area (Å²) in [7, 11) is -3.17. The molecule has 3 aromatic carbocycles. The highest BCUT2D eigenvalue weighted by atomic mass is 32.2. The Balaban J connectivity index is 1.60. The van der Waals surface area contributed by atoms with Gasteiger partial charge in [0.1, 0.15) is 11.0 Å². The molecule has 10 nitrogen and oxygen atoms in total. The minimum atomic E-state index is -4.40. The summed E-state index contributed by atoms with van der Waals surface area (Å²) >= 11 is 1.45. The molecule has 0 aliphatic carbocycles. The van der Waals surface area contributed by atoms with Crippen LogP contribution in [0.15, 0.2) is 90.3 Å². The number of nitrogens with zero attached hydrogens (tertiary/aromatic N) is 1. The number of benzene rings is 3. The lowest BCUT2D eigenvalue weighted by atomic mass is 10.0. The van der Waals surface area contributed by atoms with Crippen LogP contribution in [0.4, 0.5) is 10.5 Å². The molecule has 0 saturated carbocycles. The number of carbonyl (C=O) groups is 2. The van der Waals surface area contributed by atoms with Crippen molar-refractivity contribution < 1.29 is 27.3 Å². The molecule has 0 aliphatic heterocycles. The molecule has 2 atom stereocenters. The van der Waals surface area contributed by atoms with Crippen molar-refractivity contribution in [1.82, 2.24) is 15.6 Å². The largest absolute Gasteiger partial charge is 0.453 e. The van der Waals surface area contributed by atoms with E-state index in [1.54, 1.807) is 12.1 Å². The first kappa shape index (κ1) is 28.7. The van der Waals surface area contributed by atoms with Gasteiger partial charge in [0, 0.05) is 17.4 Å². The maximum Gasteiger partial charge on any atom is 0.407 e. The number of amides is 2. The van der Waals surface area contributed by atoms with Crippen LogP contribution in [-0.2, 0) is 32.7 Å². The number of carbonyl (C=O) groups excluding carboxylic acids is 2. The number of hydrogen-bond donors (Lipinski definition) is 4. The first-order chi connectivity index (χ1) is 19.2. The second-order valence-electron chi connectivity index (χ2n) is 8.86. The molecule has 0 spiro atoms. The molecule has 208 valence electrons. The van der Waals surface area contributed by atoms with Crippen LogP contribution in [0.3, 0.4) is 0 Å². The van der Waals surface area contributed by atoms with Crippen molar-refractivity contribution in [2.45, 2.75) is 24.9 Å². The molecule has 40 heavy (non-hydrogen) atoms. The Hall–Kier alpha value is -4.26. The zero-order valence-electron chi connectivity index (χ0n) is 21.5. The SMILES string of the molecule is COC(=O)N[C@@H](Cc1ccccc1)C(=O)N[C@@H](Cc1ccc(NS(=O)(=O)O)cc1)c1csc(-c2ccccc2)n1. The van der Waals surface area contributed by atoms with Gasteiger partial charge in [-0.05, 0) is 29.7 Å². The number of thiazole rings is 1. The first-order valence-electron chi connectivity index (χ1n) is 12.2. The molecular formula is C28H28N4O6S2. The summed E-state index contributed by atoms with van der Waals surface area (Å²) in [5.41, 5.74) is 3.41. The minimum absolute atomic E-state index is 0.192. The topological polar surface area (TPSA) is 147 Å². The number of rotatable bonds is 11. The van der Waals surface area contributed by atoms with Gasteiger partial charge in [-0.15, -0.1) is 11.3 Å². The van der Waals surface area contributed by atoms with Crippen LogP contribution < -0.4 is 15.4 Å². The average Bonchev–Trinajstić information content (AvgIpc) is 3.44. The number of aromatic nitrogens is 1. The number of methoxy groups -OCH3 is 1. The third-order valence-electron chi connectivity index (χ3n) is 5.93. The van der Waals surface area contributed by atoms with Crippen LogP contribution in [0.1, 0.15) is 22.9 Å². The van der Waals surface area contributed by atoms with Crippen molar-refractivity contribution in [3.63, 3.8) is 0 Å². The number of anilines is 1. The molecule has 4 rings (SSSR count). The van der Waals surface area contributed by atoms with Crippen molar-refractivity contribution in [1.29, 1.82) is 0 Å². The Morgan fingerprint density at radius 2 is 1.52 bits per heavy atom. The van der Waals surface area contributed by atoms with E-state index >= 15 is 0 Å². The standard InChI is InChI=1S/C28H28N4O6S2/c1-38-28(34)31-24(17-19-8-4-2-5-9-19)26(33)29-23(16-20-12-14-22(15-13-20)32-40(35,36)37)25-18-39-27(30-25)21-10-6-3-7-11-21/h2-15,18,23-24,32H,16-17H2,1H3,(H,29,33)(H,31,34)(H,35,36,37)/t23-,24-/m0/s1. The molecule has 0 bridgehead atoms. The van der Waals surface area contributed by atoms with Gasteiger partial charge >= 0.3 is 16.4 Å². The van der Waals surface area contributed by atoms with Gasteiger partial charge < -0.3 is 15.4 Å². The van der Waals surface area contributed by atoms with Gasteiger partial charge in [0.2, 0.25) is 5.91 Å². The minimum Gasteiger partial charge on any atom is -0.453 e. The normalized spacial score (nSPS) is 12.7. The predicted octanol–water partition coefficient (Wildman–Crippen LogP) is 4.39. The van der Waals surface area contributed by atoms with E-state index < -0.39 is 34.4 Å². The second-order valence-corrected chi connectivity index (χ2v) is 10.9. The number of hydrogen-bond acceptors (Lipinski definition) is 7. The molecule has 4 N–H and O–H groups in total. The van der Waals surface area contributed by atoms with Crippen LogP contribution in [0.2, 0.25) is 0 Å². The fourth-order valence-corrected chi connectivity index (χ4v) is 5.33. The Kier molecular flexibility index (Phi) is 9.48. The highest BCUT2D eigenvalue weighted by molar-refractivity contribution is 7.87. The fourth-order valence-electron chi connectivity index (χ4n) is 4.02. The highest BCUT2D eigenvalue weighted by Crippen LogP contribution is 2.28. The lowest BCUT2D eigenvalue weighted by Crippen LogP contribution is -2.49. The molecule has 1 aromatic heterocycles. The molecule has 12 heteroatoms. The monoisotopic (exact) mass is 580 g/mol. The smallest absolute Gasteiger partial charge is 0.407 e. The van der Waals surface area contributed by atoms with E-state index in [-0.39, 0.29) is 12.1 Å². The summed E-state index contributed by atoms with van der Waals surface area (Å²) < 4.78 is 38.1. The molecule has 0 radical (unpaired) electrons. The van der Waals surface area contributed by atoms with Crippen molar-refractivity contribution in [3.8, 4) is 10.6 Å². The van der Waals surface area contributed by atoms with E-state index in [9.17, 15) is 18.0 Å². The van der Waals surface area contributed by atoms with E-state index in [0.29, 0.717) is 12.1 Å². The van der Waals surface area contributed by atoms with Crippen molar-refractivity contribution in [3.05, 3.63) is 107 Å². The molecule has 0 unspecified atom stereocenters. The molecule has 4 aromatic rings. The lowest BCUT2D eigenvalue weighted by Gasteiger charge is -2.23. The van der Waals surface area contributed by atoms with Crippen LogP contribution in [0.25, 0.3) is 10.6 Å². The Bertz CT molecular complexity index is 1530. The summed E-state index contributed by atoms with van der Waals surface area (Å²) in [6.45, 7) is 0. The maximum atomic E-state index is 13.6. The molecular weight excluding hydrogens is 552 g/mol. The van der Waals surface area contributed by atoms with E-state index in [1.165, 1.54) is 30.6 Å². The Labute approximate surface area is 236 Å². The van der Waals surface area contributed by atoms with Crippen molar-refractivity contribution in [2.75, 3.05) is 11.8 Å². The average molecular weight is 581 g/mol. The van der Waals surface area contributed by atoms with Gasteiger partial charge in [-0.25, -0.2) is 9.78 Å². The van der Waals surface area contributed by atoms with Crippen LogP contribution in [0, 0.1) is 0 Å². The van der Waals surface area contributed by atoms with Gasteiger partial charge in [-0.3, -0.25) is 14.1 Å². The fraction of sp³-hybridized carbons (Fsp3) is 0.179. The molecule has 2 amide bonds. The number of alkyl carbamates (subject to hydrolysis) is 1. The van der Waals surface area contributed by atoms with E-state index in [1.807, 2.05) is 70.8 Å². The Morgan fingerprint density at radius 1 is 0.900 bits per heavy atom. The first-order valence-corrected chi connectivity index (χ1v) is 14.6.